The average molecular weight is 252 g/mol. The molecule has 1 nitrogen and oxygen atoms in total. The molecule has 0 heterocycles. The molecule has 0 radical (unpaired) electrons. The Kier molecular flexibility index (Phi) is 6.77. The average Bonchev–Trinajstić information content (AvgIpc) is 2.26. The minimum absolute atomic E-state index is 0.220. The molecule has 1 aromatic carbocycles. The highest BCUT2D eigenvalue weighted by molar-refractivity contribution is 5.28. The van der Waals surface area contributed by atoms with Crippen molar-refractivity contribution in [3.8, 4) is 5.75 Å². The van der Waals surface area contributed by atoms with Gasteiger partial charge in [-0.3, -0.25) is 0 Å². The number of hydrogen-bond acceptors (Lipinski definition) is 1. The summed E-state index contributed by atoms with van der Waals surface area (Å²) in [6.07, 6.45) is 6.12. The van der Waals surface area contributed by atoms with Gasteiger partial charge < -0.3 is 4.74 Å². The maximum absolute atomic E-state index is 13.1. The van der Waals surface area contributed by atoms with Crippen LogP contribution in [0.25, 0.3) is 0 Å². The number of halogens is 1. The Morgan fingerprint density at radius 3 is 2.44 bits per heavy atom. The molecule has 0 fully saturated rings. The molecule has 0 atom stereocenters. The number of unbranched alkanes of at least 4 members (excludes halogenated alkanes) is 3. The van der Waals surface area contributed by atoms with Crippen molar-refractivity contribution in [2.75, 3.05) is 6.61 Å². The van der Waals surface area contributed by atoms with Crippen molar-refractivity contribution in [3.05, 3.63) is 29.6 Å². The fraction of sp³-hybridized carbons (Fsp3) is 0.625. The van der Waals surface area contributed by atoms with E-state index in [0.29, 0.717) is 12.4 Å². The summed E-state index contributed by atoms with van der Waals surface area (Å²) in [5.74, 6) is 1.23. The van der Waals surface area contributed by atoms with Gasteiger partial charge >= 0.3 is 0 Å². The Bertz CT molecular complexity index is 327. The highest BCUT2D eigenvalue weighted by Crippen LogP contribution is 2.16. The molecule has 0 N–H and O–H groups in total. The molecule has 0 aliphatic heterocycles. The fourth-order valence-electron chi connectivity index (χ4n) is 1.98. The zero-order chi connectivity index (χ0) is 13.4. The number of rotatable bonds is 8. The summed E-state index contributed by atoms with van der Waals surface area (Å²) < 4.78 is 18.7. The zero-order valence-corrected chi connectivity index (χ0v) is 11.8. The molecule has 1 aromatic rings. The number of hydrogen-bond donors (Lipinski definition) is 0. The number of ether oxygens (including phenoxy) is 1. The lowest BCUT2D eigenvalue weighted by Gasteiger charge is -2.07. The van der Waals surface area contributed by atoms with E-state index < -0.39 is 0 Å². The second-order valence-electron chi connectivity index (χ2n) is 5.41. The molecular formula is C16H25FO. The Hall–Kier alpha value is -1.05. The topological polar surface area (TPSA) is 9.23 Å². The van der Waals surface area contributed by atoms with E-state index in [1.807, 2.05) is 13.0 Å². The van der Waals surface area contributed by atoms with E-state index in [0.717, 1.165) is 17.9 Å². The molecule has 0 saturated heterocycles. The number of aryl methyl sites for hydroxylation is 1. The molecule has 18 heavy (non-hydrogen) atoms. The largest absolute Gasteiger partial charge is 0.493 e. The van der Waals surface area contributed by atoms with Gasteiger partial charge in [0, 0.05) is 6.07 Å². The molecule has 0 bridgehead atoms. The summed E-state index contributed by atoms with van der Waals surface area (Å²) in [6.45, 7) is 7.08. The van der Waals surface area contributed by atoms with Crippen molar-refractivity contribution >= 4 is 0 Å². The van der Waals surface area contributed by atoms with Crippen LogP contribution in [0.15, 0.2) is 18.2 Å². The molecule has 0 aromatic heterocycles. The van der Waals surface area contributed by atoms with E-state index in [1.165, 1.54) is 37.8 Å². The lowest BCUT2D eigenvalue weighted by molar-refractivity contribution is 0.302. The van der Waals surface area contributed by atoms with Gasteiger partial charge in [-0.05, 0) is 37.0 Å². The third-order valence-corrected chi connectivity index (χ3v) is 2.96. The van der Waals surface area contributed by atoms with Crippen LogP contribution >= 0.6 is 0 Å². The van der Waals surface area contributed by atoms with Gasteiger partial charge in [-0.2, -0.15) is 0 Å². The maximum Gasteiger partial charge on any atom is 0.127 e. The standard InChI is InChI=1S/C16H25FO/c1-13(2)8-6-4-5-7-9-18-16-11-14(3)10-15(17)12-16/h10-13H,4-9H2,1-3H3. The second kappa shape index (κ2) is 8.12. The van der Waals surface area contributed by atoms with Gasteiger partial charge in [0.05, 0.1) is 6.61 Å². The summed E-state index contributed by atoms with van der Waals surface area (Å²) >= 11 is 0. The summed E-state index contributed by atoms with van der Waals surface area (Å²) in [7, 11) is 0. The Morgan fingerprint density at radius 2 is 1.78 bits per heavy atom. The highest BCUT2D eigenvalue weighted by Gasteiger charge is 1.99. The number of benzene rings is 1. The van der Waals surface area contributed by atoms with Crippen LogP contribution in [0.1, 0.15) is 51.5 Å². The molecule has 0 amide bonds. The summed E-state index contributed by atoms with van der Waals surface area (Å²) in [4.78, 5) is 0. The van der Waals surface area contributed by atoms with Gasteiger partial charge in [0.2, 0.25) is 0 Å². The van der Waals surface area contributed by atoms with Crippen LogP contribution in [0.2, 0.25) is 0 Å². The van der Waals surface area contributed by atoms with E-state index in [1.54, 1.807) is 0 Å². The quantitative estimate of drug-likeness (QED) is 0.583. The van der Waals surface area contributed by atoms with Crippen LogP contribution in [0.3, 0.4) is 0 Å². The first kappa shape index (κ1) is 15.0. The molecule has 0 unspecified atom stereocenters. The molecule has 0 spiro atoms. The molecule has 0 aliphatic carbocycles. The maximum atomic E-state index is 13.1. The van der Waals surface area contributed by atoms with Crippen LogP contribution in [0.5, 0.6) is 5.75 Å². The van der Waals surface area contributed by atoms with Crippen molar-refractivity contribution in [3.63, 3.8) is 0 Å². The lowest BCUT2D eigenvalue weighted by Crippen LogP contribution is -1.98. The molecular weight excluding hydrogens is 227 g/mol. The van der Waals surface area contributed by atoms with Crippen LogP contribution in [0, 0.1) is 18.7 Å². The van der Waals surface area contributed by atoms with Crippen LogP contribution in [-0.2, 0) is 0 Å². The first-order chi connectivity index (χ1) is 8.58. The smallest absolute Gasteiger partial charge is 0.127 e. The van der Waals surface area contributed by atoms with Crippen molar-refractivity contribution in [2.45, 2.75) is 52.9 Å². The third kappa shape index (κ3) is 6.63. The second-order valence-corrected chi connectivity index (χ2v) is 5.41. The highest BCUT2D eigenvalue weighted by atomic mass is 19.1. The van der Waals surface area contributed by atoms with E-state index in [-0.39, 0.29) is 5.82 Å². The van der Waals surface area contributed by atoms with E-state index >= 15 is 0 Å². The normalized spacial score (nSPS) is 10.9. The van der Waals surface area contributed by atoms with Gasteiger partial charge in [0.1, 0.15) is 11.6 Å². The van der Waals surface area contributed by atoms with Crippen LogP contribution in [-0.4, -0.2) is 6.61 Å². The molecule has 0 aliphatic rings. The van der Waals surface area contributed by atoms with Crippen LogP contribution < -0.4 is 4.74 Å². The van der Waals surface area contributed by atoms with Gasteiger partial charge in [-0.15, -0.1) is 0 Å². The zero-order valence-electron chi connectivity index (χ0n) is 11.8. The van der Waals surface area contributed by atoms with Gasteiger partial charge in [0.25, 0.3) is 0 Å². The molecule has 0 saturated carbocycles. The Morgan fingerprint density at radius 1 is 1.06 bits per heavy atom. The van der Waals surface area contributed by atoms with Gasteiger partial charge in [-0.1, -0.05) is 39.5 Å². The predicted molar refractivity (Wildman–Crippen MR) is 74.6 cm³/mol. The fourth-order valence-corrected chi connectivity index (χ4v) is 1.98. The van der Waals surface area contributed by atoms with E-state index in [2.05, 4.69) is 13.8 Å². The Labute approximate surface area is 110 Å². The van der Waals surface area contributed by atoms with Gasteiger partial charge in [-0.25, -0.2) is 4.39 Å². The van der Waals surface area contributed by atoms with Crippen molar-refractivity contribution < 1.29 is 9.13 Å². The van der Waals surface area contributed by atoms with Crippen LogP contribution in [0.4, 0.5) is 4.39 Å². The third-order valence-electron chi connectivity index (χ3n) is 2.96. The summed E-state index contributed by atoms with van der Waals surface area (Å²) in [6, 6.07) is 4.84. The van der Waals surface area contributed by atoms with Crippen molar-refractivity contribution in [1.29, 1.82) is 0 Å². The van der Waals surface area contributed by atoms with E-state index in [4.69, 9.17) is 4.74 Å². The predicted octanol–water partition coefficient (Wildman–Crippen LogP) is 5.12. The van der Waals surface area contributed by atoms with Gasteiger partial charge in [0.15, 0.2) is 0 Å². The SMILES string of the molecule is Cc1cc(F)cc(OCCCCCCC(C)C)c1. The first-order valence-corrected chi connectivity index (χ1v) is 6.98. The van der Waals surface area contributed by atoms with Crippen molar-refractivity contribution in [1.82, 2.24) is 0 Å². The van der Waals surface area contributed by atoms with E-state index in [9.17, 15) is 4.39 Å². The molecule has 2 heteroatoms. The summed E-state index contributed by atoms with van der Waals surface area (Å²) in [5, 5.41) is 0. The Balaban J connectivity index is 2.10. The molecule has 102 valence electrons. The monoisotopic (exact) mass is 252 g/mol. The van der Waals surface area contributed by atoms with Crippen molar-refractivity contribution in [2.24, 2.45) is 5.92 Å². The lowest BCUT2D eigenvalue weighted by atomic mass is 10.0. The minimum Gasteiger partial charge on any atom is -0.493 e. The summed E-state index contributed by atoms with van der Waals surface area (Å²) in [5.41, 5.74) is 0.905. The first-order valence-electron chi connectivity index (χ1n) is 6.98. The minimum atomic E-state index is -0.220. The molecule has 1 rings (SSSR count).